The summed E-state index contributed by atoms with van der Waals surface area (Å²) in [6, 6.07) is 15.7. The molecule has 7 heteroatoms. The minimum Gasteiger partial charge on any atom is -0.507 e. The fourth-order valence-electron chi connectivity index (χ4n) is 4.89. The van der Waals surface area contributed by atoms with Gasteiger partial charge in [-0.25, -0.2) is 0 Å². The van der Waals surface area contributed by atoms with E-state index in [4.69, 9.17) is 4.42 Å². The average molecular weight is 535 g/mol. The number of aliphatic hydroxyl groups excluding tert-OH is 1. The van der Waals surface area contributed by atoms with E-state index in [1.165, 1.54) is 24.2 Å². The first kappa shape index (κ1) is 23.4. The number of aryl methyl sites for hydroxylation is 2. The molecule has 5 rings (SSSR count). The van der Waals surface area contributed by atoms with Gasteiger partial charge in [-0.15, -0.1) is 0 Å². The van der Waals surface area contributed by atoms with Crippen molar-refractivity contribution in [2.45, 2.75) is 39.2 Å². The zero-order valence-corrected chi connectivity index (χ0v) is 21.3. The highest BCUT2D eigenvalue weighted by molar-refractivity contribution is 9.10. The normalized spacial score (nSPS) is 20.0. The maximum atomic E-state index is 13.3. The van der Waals surface area contributed by atoms with E-state index in [9.17, 15) is 14.7 Å². The molecule has 1 N–H and O–H groups in total. The maximum absolute atomic E-state index is 13.3. The van der Waals surface area contributed by atoms with E-state index in [-0.39, 0.29) is 11.3 Å². The van der Waals surface area contributed by atoms with Crippen LogP contribution in [0.5, 0.6) is 0 Å². The van der Waals surface area contributed by atoms with Gasteiger partial charge in [0.2, 0.25) is 0 Å². The lowest BCUT2D eigenvalue weighted by Gasteiger charge is -2.29. The zero-order valence-electron chi connectivity index (χ0n) is 19.8. The predicted molar refractivity (Wildman–Crippen MR) is 140 cm³/mol. The molecule has 3 heterocycles. The minimum absolute atomic E-state index is 0.0196. The molecule has 0 spiro atoms. The van der Waals surface area contributed by atoms with Gasteiger partial charge in [0.1, 0.15) is 23.3 Å². The SMILES string of the molecule is Cc1ccc(C2/C(=C(/O)c3ccc(Br)c(C)c3)C(=O)C(=O)N2c2ccc(N3CCCCC3)cc2)o1. The van der Waals surface area contributed by atoms with Gasteiger partial charge in [-0.05, 0) is 87.2 Å². The fourth-order valence-corrected chi connectivity index (χ4v) is 5.14. The van der Waals surface area contributed by atoms with Gasteiger partial charge in [-0.1, -0.05) is 22.0 Å². The highest BCUT2D eigenvalue weighted by atomic mass is 79.9. The molecule has 180 valence electrons. The summed E-state index contributed by atoms with van der Waals surface area (Å²) in [5.74, 6) is -0.555. The quantitative estimate of drug-likeness (QED) is 0.242. The summed E-state index contributed by atoms with van der Waals surface area (Å²) in [5.41, 5.74) is 3.07. The van der Waals surface area contributed by atoms with Crippen LogP contribution in [0.4, 0.5) is 11.4 Å². The summed E-state index contributed by atoms with van der Waals surface area (Å²) >= 11 is 3.46. The third-order valence-electron chi connectivity index (χ3n) is 6.76. The first-order valence-corrected chi connectivity index (χ1v) is 12.6. The van der Waals surface area contributed by atoms with Crippen molar-refractivity contribution in [2.75, 3.05) is 22.9 Å². The summed E-state index contributed by atoms with van der Waals surface area (Å²) in [5, 5.41) is 11.3. The number of amides is 1. The van der Waals surface area contributed by atoms with Crippen molar-refractivity contribution in [3.8, 4) is 0 Å². The Morgan fingerprint density at radius 3 is 2.26 bits per heavy atom. The maximum Gasteiger partial charge on any atom is 0.300 e. The molecule has 1 atom stereocenters. The molecule has 35 heavy (non-hydrogen) atoms. The Hall–Kier alpha value is -3.32. The number of rotatable bonds is 4. The highest BCUT2D eigenvalue weighted by Crippen LogP contribution is 2.43. The molecule has 2 aromatic carbocycles. The van der Waals surface area contributed by atoms with Gasteiger partial charge in [0.05, 0.1) is 5.57 Å². The molecule has 2 aliphatic heterocycles. The Balaban J connectivity index is 1.60. The third-order valence-corrected chi connectivity index (χ3v) is 7.65. The molecule has 0 bridgehead atoms. The second-order valence-corrected chi connectivity index (χ2v) is 10.00. The van der Waals surface area contributed by atoms with Crippen molar-refractivity contribution in [1.29, 1.82) is 0 Å². The topological polar surface area (TPSA) is 74.0 Å². The van der Waals surface area contributed by atoms with Crippen molar-refractivity contribution in [3.63, 3.8) is 0 Å². The van der Waals surface area contributed by atoms with Gasteiger partial charge < -0.3 is 14.4 Å². The number of hydrogen-bond donors (Lipinski definition) is 1. The number of halogens is 1. The van der Waals surface area contributed by atoms with Crippen LogP contribution >= 0.6 is 15.9 Å². The second kappa shape index (κ2) is 9.38. The van der Waals surface area contributed by atoms with Crippen LogP contribution in [0.3, 0.4) is 0 Å². The molecule has 0 saturated carbocycles. The van der Waals surface area contributed by atoms with Crippen molar-refractivity contribution >= 4 is 44.8 Å². The Labute approximate surface area is 213 Å². The number of carbonyl (C=O) groups excluding carboxylic acids is 2. The second-order valence-electron chi connectivity index (χ2n) is 9.15. The first-order valence-electron chi connectivity index (χ1n) is 11.8. The van der Waals surface area contributed by atoms with Crippen LogP contribution in [0.1, 0.15) is 48.0 Å². The van der Waals surface area contributed by atoms with E-state index >= 15 is 0 Å². The van der Waals surface area contributed by atoms with Gasteiger partial charge in [0, 0.05) is 34.5 Å². The molecule has 6 nitrogen and oxygen atoms in total. The lowest BCUT2D eigenvalue weighted by molar-refractivity contribution is -0.132. The van der Waals surface area contributed by atoms with Gasteiger partial charge in [-0.2, -0.15) is 0 Å². The van der Waals surface area contributed by atoms with Crippen LogP contribution in [0.2, 0.25) is 0 Å². The standard InChI is InChI=1S/C28H27BrN2O4/c1-17-16-19(7-12-22(17)29)26(32)24-25(23-13-6-18(2)35-23)31(28(34)27(24)33)21-10-8-20(9-11-21)30-14-4-3-5-15-30/h6-13,16,25,32H,3-5,14-15H2,1-2H3/b26-24-. The molecule has 2 aliphatic rings. The number of hydrogen-bond acceptors (Lipinski definition) is 5. The highest BCUT2D eigenvalue weighted by Gasteiger charge is 2.48. The van der Waals surface area contributed by atoms with Crippen molar-refractivity contribution in [1.82, 2.24) is 0 Å². The Morgan fingerprint density at radius 2 is 1.63 bits per heavy atom. The number of carbonyl (C=O) groups is 2. The van der Waals surface area contributed by atoms with E-state index in [0.29, 0.717) is 22.8 Å². The number of nitrogens with zero attached hydrogens (tertiary/aromatic N) is 2. The molecule has 0 aliphatic carbocycles. The van der Waals surface area contributed by atoms with E-state index in [2.05, 4.69) is 20.8 Å². The molecule has 1 aromatic heterocycles. The lowest BCUT2D eigenvalue weighted by Crippen LogP contribution is -2.30. The summed E-state index contributed by atoms with van der Waals surface area (Å²) in [4.78, 5) is 30.4. The molecule has 2 saturated heterocycles. The van der Waals surface area contributed by atoms with Crippen LogP contribution in [0.25, 0.3) is 5.76 Å². The number of anilines is 2. The number of aliphatic hydroxyl groups is 1. The largest absolute Gasteiger partial charge is 0.507 e. The van der Waals surface area contributed by atoms with Crippen LogP contribution in [-0.4, -0.2) is 29.9 Å². The Morgan fingerprint density at radius 1 is 0.943 bits per heavy atom. The molecular formula is C28H27BrN2O4. The number of furan rings is 1. The van der Waals surface area contributed by atoms with Crippen LogP contribution in [0.15, 0.2) is 69.1 Å². The average Bonchev–Trinajstić information content (AvgIpc) is 3.41. The van der Waals surface area contributed by atoms with Crippen LogP contribution < -0.4 is 9.80 Å². The van der Waals surface area contributed by atoms with Gasteiger partial charge in [-0.3, -0.25) is 14.5 Å². The summed E-state index contributed by atoms with van der Waals surface area (Å²) < 4.78 is 6.78. The summed E-state index contributed by atoms with van der Waals surface area (Å²) in [7, 11) is 0. The van der Waals surface area contributed by atoms with Crippen LogP contribution in [0, 0.1) is 13.8 Å². The lowest BCUT2D eigenvalue weighted by atomic mass is 9.98. The van der Waals surface area contributed by atoms with Gasteiger partial charge in [0.25, 0.3) is 11.7 Å². The van der Waals surface area contributed by atoms with Gasteiger partial charge >= 0.3 is 0 Å². The molecule has 1 unspecified atom stereocenters. The Bertz CT molecular complexity index is 1320. The van der Waals surface area contributed by atoms with E-state index < -0.39 is 17.7 Å². The fraction of sp³-hybridized carbons (Fsp3) is 0.286. The van der Waals surface area contributed by atoms with Crippen molar-refractivity contribution < 1.29 is 19.1 Å². The van der Waals surface area contributed by atoms with Crippen molar-refractivity contribution in [2.24, 2.45) is 0 Å². The molecular weight excluding hydrogens is 508 g/mol. The molecule has 1 amide bonds. The van der Waals surface area contributed by atoms with E-state index in [1.807, 2.05) is 37.3 Å². The van der Waals surface area contributed by atoms with Crippen LogP contribution in [-0.2, 0) is 9.59 Å². The van der Waals surface area contributed by atoms with E-state index in [0.717, 1.165) is 28.8 Å². The van der Waals surface area contributed by atoms with Crippen molar-refractivity contribution in [3.05, 3.63) is 87.3 Å². The smallest absolute Gasteiger partial charge is 0.300 e. The minimum atomic E-state index is -0.867. The number of Topliss-reactive ketones (excluding diaryl/α,β-unsaturated/α-hetero) is 1. The third kappa shape index (κ3) is 4.29. The summed E-state index contributed by atoms with van der Waals surface area (Å²) in [6.07, 6.45) is 3.59. The monoisotopic (exact) mass is 534 g/mol. The van der Waals surface area contributed by atoms with Gasteiger partial charge in [0.15, 0.2) is 0 Å². The number of piperidine rings is 1. The molecule has 2 fully saturated rings. The summed E-state index contributed by atoms with van der Waals surface area (Å²) in [6.45, 7) is 5.74. The predicted octanol–water partition coefficient (Wildman–Crippen LogP) is 6.28. The number of benzene rings is 2. The number of ketones is 1. The zero-order chi connectivity index (χ0) is 24.7. The Kier molecular flexibility index (Phi) is 6.28. The molecule has 0 radical (unpaired) electrons. The first-order chi connectivity index (χ1) is 16.8. The molecule has 3 aromatic rings. The van der Waals surface area contributed by atoms with E-state index in [1.54, 1.807) is 31.2 Å².